The van der Waals surface area contributed by atoms with E-state index < -0.39 is 5.97 Å². The number of carbonyl (C=O) groups excluding carboxylic acids is 2. The van der Waals surface area contributed by atoms with Crippen LogP contribution in [0.3, 0.4) is 0 Å². The summed E-state index contributed by atoms with van der Waals surface area (Å²) in [6.07, 6.45) is 0. The highest BCUT2D eigenvalue weighted by molar-refractivity contribution is 6.32. The fourth-order valence-electron chi connectivity index (χ4n) is 1.99. The fourth-order valence-corrected chi connectivity index (χ4v) is 2.18. The maximum atomic E-state index is 11.8. The molecule has 118 valence electrons. The number of para-hydroxylation sites is 1. The van der Waals surface area contributed by atoms with Gasteiger partial charge >= 0.3 is 5.97 Å². The maximum Gasteiger partial charge on any atom is 0.349 e. The molecule has 7 heteroatoms. The molecule has 0 aromatic heterocycles. The van der Waals surface area contributed by atoms with Crippen molar-refractivity contribution in [3.63, 3.8) is 0 Å². The average Bonchev–Trinajstić information content (AvgIpc) is 2.54. The lowest BCUT2D eigenvalue weighted by Crippen LogP contribution is -2.25. The van der Waals surface area contributed by atoms with E-state index in [1.54, 1.807) is 36.4 Å². The van der Waals surface area contributed by atoms with Crippen molar-refractivity contribution < 1.29 is 23.8 Å². The molecule has 3 rings (SSSR count). The van der Waals surface area contributed by atoms with Crippen molar-refractivity contribution in [2.75, 3.05) is 18.5 Å². The van der Waals surface area contributed by atoms with Gasteiger partial charge in [-0.15, -0.1) is 0 Å². The van der Waals surface area contributed by atoms with Crippen LogP contribution in [0.4, 0.5) is 5.69 Å². The first kappa shape index (κ1) is 15.2. The predicted octanol–water partition coefficient (Wildman–Crippen LogP) is 2.66. The highest BCUT2D eigenvalue weighted by atomic mass is 35.5. The Morgan fingerprint density at radius 3 is 2.91 bits per heavy atom. The second-order valence-corrected chi connectivity index (χ2v) is 5.10. The second kappa shape index (κ2) is 6.58. The number of hydrogen-bond donors (Lipinski definition) is 1. The average molecular weight is 334 g/mol. The third-order valence-corrected chi connectivity index (χ3v) is 3.31. The minimum absolute atomic E-state index is 0.0300. The number of rotatable bonds is 4. The number of fused-ring (bicyclic) bond motifs is 1. The van der Waals surface area contributed by atoms with Crippen LogP contribution < -0.4 is 19.5 Å². The Morgan fingerprint density at radius 1 is 1.26 bits per heavy atom. The molecule has 1 heterocycles. The highest BCUT2D eigenvalue weighted by Crippen LogP contribution is 2.31. The fraction of sp³-hybridized carbons (Fsp3) is 0.125. The van der Waals surface area contributed by atoms with Crippen LogP contribution in [0.1, 0.15) is 0 Å². The van der Waals surface area contributed by atoms with Gasteiger partial charge in [0.2, 0.25) is 0 Å². The van der Waals surface area contributed by atoms with E-state index >= 15 is 0 Å². The summed E-state index contributed by atoms with van der Waals surface area (Å²) in [4.78, 5) is 23.1. The third kappa shape index (κ3) is 3.73. The topological polar surface area (TPSA) is 73.9 Å². The number of benzene rings is 2. The Labute approximate surface area is 136 Å². The Balaban J connectivity index is 1.61. The lowest BCUT2D eigenvalue weighted by Gasteiger charge is -2.18. The number of esters is 1. The Bertz CT molecular complexity index is 762. The molecule has 0 saturated carbocycles. The minimum Gasteiger partial charge on any atom is -0.482 e. The molecule has 0 atom stereocenters. The number of carbonyl (C=O) groups is 2. The quantitative estimate of drug-likeness (QED) is 0.688. The molecule has 0 saturated heterocycles. The SMILES string of the molecule is O=C1COc2ccc(OC(=O)COc3ccccc3Cl)cc2N1. The molecule has 2 aromatic carbocycles. The van der Waals surface area contributed by atoms with Gasteiger partial charge in [-0.2, -0.15) is 0 Å². The zero-order valence-corrected chi connectivity index (χ0v) is 12.6. The summed E-state index contributed by atoms with van der Waals surface area (Å²) in [6.45, 7) is -0.318. The van der Waals surface area contributed by atoms with E-state index in [1.165, 1.54) is 6.07 Å². The number of anilines is 1. The molecular formula is C16H12ClNO5. The molecule has 0 bridgehead atoms. The Kier molecular flexibility index (Phi) is 4.34. The summed E-state index contributed by atoms with van der Waals surface area (Å²) in [5, 5.41) is 3.05. The molecular weight excluding hydrogens is 322 g/mol. The predicted molar refractivity (Wildman–Crippen MR) is 83.1 cm³/mol. The van der Waals surface area contributed by atoms with Crippen molar-refractivity contribution in [3.05, 3.63) is 47.5 Å². The zero-order chi connectivity index (χ0) is 16.2. The summed E-state index contributed by atoms with van der Waals surface area (Å²) in [5.74, 6) is 0.354. The number of amides is 1. The van der Waals surface area contributed by atoms with Gasteiger partial charge < -0.3 is 19.5 Å². The molecule has 2 aromatic rings. The van der Waals surface area contributed by atoms with Gasteiger partial charge in [0.25, 0.3) is 5.91 Å². The summed E-state index contributed by atoms with van der Waals surface area (Å²) in [6, 6.07) is 11.5. The molecule has 1 amide bonds. The number of hydrogen-bond acceptors (Lipinski definition) is 5. The number of ether oxygens (including phenoxy) is 3. The first-order valence-electron chi connectivity index (χ1n) is 6.76. The van der Waals surface area contributed by atoms with Crippen molar-refractivity contribution in [3.8, 4) is 17.2 Å². The molecule has 0 spiro atoms. The minimum atomic E-state index is -0.590. The third-order valence-electron chi connectivity index (χ3n) is 3.00. The van der Waals surface area contributed by atoms with E-state index in [-0.39, 0.29) is 24.9 Å². The highest BCUT2D eigenvalue weighted by Gasteiger charge is 2.17. The van der Waals surface area contributed by atoms with E-state index in [9.17, 15) is 9.59 Å². The van der Waals surface area contributed by atoms with Crippen molar-refractivity contribution in [2.45, 2.75) is 0 Å². The smallest absolute Gasteiger partial charge is 0.349 e. The van der Waals surface area contributed by atoms with Crippen LogP contribution in [0.5, 0.6) is 17.2 Å². The van der Waals surface area contributed by atoms with Crippen LogP contribution in [-0.4, -0.2) is 25.1 Å². The molecule has 0 aliphatic carbocycles. The molecule has 23 heavy (non-hydrogen) atoms. The van der Waals surface area contributed by atoms with Crippen molar-refractivity contribution >= 4 is 29.2 Å². The van der Waals surface area contributed by atoms with Crippen LogP contribution in [0.15, 0.2) is 42.5 Å². The molecule has 0 unspecified atom stereocenters. The summed E-state index contributed by atoms with van der Waals surface area (Å²) in [7, 11) is 0. The standard InChI is InChI=1S/C16H12ClNO5/c17-11-3-1-2-4-13(11)22-9-16(20)23-10-5-6-14-12(7-10)18-15(19)8-21-14/h1-7H,8-9H2,(H,18,19). The van der Waals surface area contributed by atoms with E-state index in [2.05, 4.69) is 5.32 Å². The summed E-state index contributed by atoms with van der Waals surface area (Å²) < 4.78 is 15.7. The van der Waals surface area contributed by atoms with Crippen LogP contribution in [0.2, 0.25) is 5.02 Å². The van der Waals surface area contributed by atoms with Crippen molar-refractivity contribution in [1.82, 2.24) is 0 Å². The largest absolute Gasteiger partial charge is 0.482 e. The maximum absolute atomic E-state index is 11.8. The van der Waals surface area contributed by atoms with E-state index in [0.29, 0.717) is 22.2 Å². The van der Waals surface area contributed by atoms with E-state index in [0.717, 1.165) is 0 Å². The monoisotopic (exact) mass is 333 g/mol. The van der Waals surface area contributed by atoms with Gasteiger partial charge in [-0.25, -0.2) is 4.79 Å². The molecule has 1 N–H and O–H groups in total. The first-order chi connectivity index (χ1) is 11.1. The number of halogens is 1. The molecule has 1 aliphatic rings. The van der Waals surface area contributed by atoms with Gasteiger partial charge in [-0.3, -0.25) is 4.79 Å². The van der Waals surface area contributed by atoms with Gasteiger partial charge in [0.05, 0.1) is 10.7 Å². The molecule has 0 fully saturated rings. The lowest BCUT2D eigenvalue weighted by molar-refractivity contribution is -0.136. The van der Waals surface area contributed by atoms with Gasteiger partial charge in [0.1, 0.15) is 17.2 Å². The summed E-state index contributed by atoms with van der Waals surface area (Å²) in [5.41, 5.74) is 0.457. The Hall–Kier alpha value is -2.73. The molecule has 0 radical (unpaired) electrons. The lowest BCUT2D eigenvalue weighted by atomic mass is 10.2. The second-order valence-electron chi connectivity index (χ2n) is 4.69. The molecule has 1 aliphatic heterocycles. The van der Waals surface area contributed by atoms with Crippen LogP contribution in [-0.2, 0) is 9.59 Å². The van der Waals surface area contributed by atoms with E-state index in [4.69, 9.17) is 25.8 Å². The van der Waals surface area contributed by atoms with Crippen LogP contribution in [0.25, 0.3) is 0 Å². The van der Waals surface area contributed by atoms with Crippen LogP contribution in [0, 0.1) is 0 Å². The summed E-state index contributed by atoms with van der Waals surface area (Å²) >= 11 is 5.93. The van der Waals surface area contributed by atoms with Gasteiger partial charge in [-0.1, -0.05) is 23.7 Å². The van der Waals surface area contributed by atoms with Gasteiger partial charge in [-0.05, 0) is 24.3 Å². The zero-order valence-electron chi connectivity index (χ0n) is 11.9. The normalized spacial score (nSPS) is 12.7. The van der Waals surface area contributed by atoms with Gasteiger partial charge in [0.15, 0.2) is 13.2 Å². The molecule has 6 nitrogen and oxygen atoms in total. The van der Waals surface area contributed by atoms with Crippen molar-refractivity contribution in [1.29, 1.82) is 0 Å². The Morgan fingerprint density at radius 2 is 2.09 bits per heavy atom. The first-order valence-corrected chi connectivity index (χ1v) is 7.14. The van der Waals surface area contributed by atoms with Gasteiger partial charge in [0, 0.05) is 6.07 Å². The number of nitrogens with one attached hydrogen (secondary N) is 1. The van der Waals surface area contributed by atoms with E-state index in [1.807, 2.05) is 0 Å². The van der Waals surface area contributed by atoms with Crippen LogP contribution >= 0.6 is 11.6 Å². The van der Waals surface area contributed by atoms with Crippen molar-refractivity contribution in [2.24, 2.45) is 0 Å².